The molecule has 0 spiro atoms. The van der Waals surface area contributed by atoms with E-state index in [1.165, 1.54) is 17.1 Å². The Kier molecular flexibility index (Phi) is 5.11. The van der Waals surface area contributed by atoms with Crippen molar-refractivity contribution in [3.8, 4) is 0 Å². The molecule has 0 fully saturated rings. The Morgan fingerprint density at radius 1 is 0.957 bits per heavy atom. The molecule has 23 heavy (non-hydrogen) atoms. The van der Waals surface area contributed by atoms with Crippen molar-refractivity contribution in [3.63, 3.8) is 0 Å². The lowest BCUT2D eigenvalue weighted by Gasteiger charge is -2.08. The van der Waals surface area contributed by atoms with Crippen molar-refractivity contribution >= 4 is 57.3 Å². The Morgan fingerprint density at radius 2 is 1.74 bits per heavy atom. The lowest BCUT2D eigenvalue weighted by Crippen LogP contribution is -2.13. The minimum Gasteiger partial charge on any atom is -0.325 e. The second-order valence-corrected chi connectivity index (χ2v) is 6.77. The molecule has 0 aromatic heterocycles. The van der Waals surface area contributed by atoms with Gasteiger partial charge >= 0.3 is 0 Å². The van der Waals surface area contributed by atoms with Crippen LogP contribution in [0.1, 0.15) is 0 Å². The summed E-state index contributed by atoms with van der Waals surface area (Å²) in [6.07, 6.45) is 0. The van der Waals surface area contributed by atoms with E-state index < -0.39 is 0 Å². The van der Waals surface area contributed by atoms with Gasteiger partial charge in [0.05, 0.1) is 15.8 Å². The highest BCUT2D eigenvalue weighted by Crippen LogP contribution is 2.28. The van der Waals surface area contributed by atoms with E-state index in [0.29, 0.717) is 21.5 Å². The number of hydrogen-bond donors (Lipinski definition) is 1. The standard InChI is InChI=1S/C18H13Cl2NOS/c19-15-9-8-13(10-16(15)20)21-18(22)11-23-17-7-3-5-12-4-1-2-6-14(12)17/h1-10H,11H2,(H,21,22). The van der Waals surface area contributed by atoms with Gasteiger partial charge in [-0.05, 0) is 35.0 Å². The lowest BCUT2D eigenvalue weighted by atomic mass is 10.1. The van der Waals surface area contributed by atoms with Gasteiger partial charge in [-0.15, -0.1) is 11.8 Å². The Bertz CT molecular complexity index is 861. The minimum atomic E-state index is -0.0821. The quantitative estimate of drug-likeness (QED) is 0.588. The fraction of sp³-hybridized carbons (Fsp3) is 0.0556. The predicted octanol–water partition coefficient (Wildman–Crippen LogP) is 5.88. The molecule has 3 rings (SSSR count). The number of benzene rings is 3. The molecule has 0 atom stereocenters. The van der Waals surface area contributed by atoms with Crippen LogP contribution in [-0.2, 0) is 4.79 Å². The summed E-state index contributed by atoms with van der Waals surface area (Å²) in [5, 5.41) is 6.04. The van der Waals surface area contributed by atoms with Crippen molar-refractivity contribution in [1.82, 2.24) is 0 Å². The van der Waals surface area contributed by atoms with Crippen LogP contribution in [0, 0.1) is 0 Å². The van der Waals surface area contributed by atoms with Crippen LogP contribution in [-0.4, -0.2) is 11.7 Å². The number of fused-ring (bicyclic) bond motifs is 1. The first-order valence-electron chi connectivity index (χ1n) is 6.99. The third kappa shape index (κ3) is 3.99. The maximum Gasteiger partial charge on any atom is 0.234 e. The molecule has 2 nitrogen and oxygen atoms in total. The zero-order chi connectivity index (χ0) is 16.2. The van der Waals surface area contributed by atoms with Crippen molar-refractivity contribution in [3.05, 3.63) is 70.7 Å². The average molecular weight is 362 g/mol. The van der Waals surface area contributed by atoms with E-state index in [1.807, 2.05) is 24.3 Å². The second-order valence-electron chi connectivity index (χ2n) is 4.94. The monoisotopic (exact) mass is 361 g/mol. The van der Waals surface area contributed by atoms with E-state index in [0.717, 1.165) is 10.3 Å². The fourth-order valence-corrected chi connectivity index (χ4v) is 3.41. The average Bonchev–Trinajstić information content (AvgIpc) is 2.56. The van der Waals surface area contributed by atoms with Gasteiger partial charge in [0.15, 0.2) is 0 Å². The van der Waals surface area contributed by atoms with Crippen LogP contribution in [0.4, 0.5) is 5.69 Å². The van der Waals surface area contributed by atoms with Gasteiger partial charge in [0.25, 0.3) is 0 Å². The number of nitrogens with one attached hydrogen (secondary N) is 1. The molecule has 0 aliphatic carbocycles. The van der Waals surface area contributed by atoms with Gasteiger partial charge in [0.2, 0.25) is 5.91 Å². The third-order valence-electron chi connectivity index (χ3n) is 3.31. The Balaban J connectivity index is 1.67. The molecule has 1 N–H and O–H groups in total. The maximum absolute atomic E-state index is 12.1. The van der Waals surface area contributed by atoms with Gasteiger partial charge in [-0.1, -0.05) is 59.6 Å². The maximum atomic E-state index is 12.1. The molecule has 0 aliphatic rings. The number of carbonyl (C=O) groups is 1. The summed E-state index contributed by atoms with van der Waals surface area (Å²) in [6.45, 7) is 0. The molecule has 0 saturated heterocycles. The topological polar surface area (TPSA) is 29.1 Å². The SMILES string of the molecule is O=C(CSc1cccc2ccccc12)Nc1ccc(Cl)c(Cl)c1. The first kappa shape index (κ1) is 16.2. The summed E-state index contributed by atoms with van der Waals surface area (Å²) in [7, 11) is 0. The van der Waals surface area contributed by atoms with E-state index in [9.17, 15) is 4.79 Å². The van der Waals surface area contributed by atoms with E-state index >= 15 is 0 Å². The highest BCUT2D eigenvalue weighted by Gasteiger charge is 2.07. The summed E-state index contributed by atoms with van der Waals surface area (Å²) in [5.74, 6) is 0.246. The normalized spacial score (nSPS) is 10.7. The van der Waals surface area contributed by atoms with Crippen LogP contribution in [0.3, 0.4) is 0 Å². The van der Waals surface area contributed by atoms with Crippen molar-refractivity contribution < 1.29 is 4.79 Å². The molecule has 1 amide bonds. The zero-order valence-electron chi connectivity index (χ0n) is 12.1. The van der Waals surface area contributed by atoms with Crippen LogP contribution >= 0.6 is 35.0 Å². The summed E-state index contributed by atoms with van der Waals surface area (Å²) >= 11 is 13.3. The minimum absolute atomic E-state index is 0.0821. The predicted molar refractivity (Wildman–Crippen MR) is 99.8 cm³/mol. The number of rotatable bonds is 4. The van der Waals surface area contributed by atoms with E-state index in [4.69, 9.17) is 23.2 Å². The highest BCUT2D eigenvalue weighted by atomic mass is 35.5. The molecule has 0 unspecified atom stereocenters. The highest BCUT2D eigenvalue weighted by molar-refractivity contribution is 8.00. The van der Waals surface area contributed by atoms with Gasteiger partial charge in [-0.3, -0.25) is 4.79 Å². The van der Waals surface area contributed by atoms with Crippen molar-refractivity contribution in [2.45, 2.75) is 4.90 Å². The van der Waals surface area contributed by atoms with Crippen molar-refractivity contribution in [1.29, 1.82) is 0 Å². The molecule has 116 valence electrons. The summed E-state index contributed by atoms with van der Waals surface area (Å²) in [6, 6.07) is 19.3. The van der Waals surface area contributed by atoms with E-state index in [-0.39, 0.29) is 5.91 Å². The zero-order valence-corrected chi connectivity index (χ0v) is 14.4. The number of thioether (sulfide) groups is 1. The molecular weight excluding hydrogens is 349 g/mol. The first-order chi connectivity index (χ1) is 11.1. The fourth-order valence-electron chi connectivity index (χ4n) is 2.24. The summed E-state index contributed by atoms with van der Waals surface area (Å²) < 4.78 is 0. The van der Waals surface area contributed by atoms with Crippen LogP contribution in [0.25, 0.3) is 10.8 Å². The van der Waals surface area contributed by atoms with Crippen LogP contribution in [0.5, 0.6) is 0 Å². The van der Waals surface area contributed by atoms with Crippen molar-refractivity contribution in [2.24, 2.45) is 0 Å². The number of anilines is 1. The molecule has 0 heterocycles. The van der Waals surface area contributed by atoms with Crippen LogP contribution < -0.4 is 5.32 Å². The number of halogens is 2. The molecule has 0 saturated carbocycles. The van der Waals surface area contributed by atoms with Gasteiger partial charge in [0.1, 0.15) is 0 Å². The van der Waals surface area contributed by atoms with Crippen LogP contribution in [0.15, 0.2) is 65.6 Å². The van der Waals surface area contributed by atoms with Crippen molar-refractivity contribution in [2.75, 3.05) is 11.1 Å². The molecular formula is C18H13Cl2NOS. The largest absolute Gasteiger partial charge is 0.325 e. The van der Waals surface area contributed by atoms with Gasteiger partial charge in [0, 0.05) is 10.6 Å². The van der Waals surface area contributed by atoms with Gasteiger partial charge in [-0.25, -0.2) is 0 Å². The molecule has 0 radical (unpaired) electrons. The summed E-state index contributed by atoms with van der Waals surface area (Å²) in [5.41, 5.74) is 0.642. The molecule has 3 aromatic rings. The number of amides is 1. The Morgan fingerprint density at radius 3 is 2.57 bits per heavy atom. The van der Waals surface area contributed by atoms with Gasteiger partial charge in [-0.2, -0.15) is 0 Å². The molecule has 0 bridgehead atoms. The number of carbonyl (C=O) groups excluding carboxylic acids is 1. The van der Waals surface area contributed by atoms with E-state index in [2.05, 4.69) is 23.5 Å². The van der Waals surface area contributed by atoms with Crippen LogP contribution in [0.2, 0.25) is 10.0 Å². The summed E-state index contributed by atoms with van der Waals surface area (Å²) in [4.78, 5) is 13.2. The third-order valence-corrected chi connectivity index (χ3v) is 5.12. The molecule has 0 aliphatic heterocycles. The first-order valence-corrected chi connectivity index (χ1v) is 8.73. The smallest absolute Gasteiger partial charge is 0.234 e. The van der Waals surface area contributed by atoms with Gasteiger partial charge < -0.3 is 5.32 Å². The number of hydrogen-bond acceptors (Lipinski definition) is 2. The lowest BCUT2D eigenvalue weighted by molar-refractivity contribution is -0.113. The molecule has 5 heteroatoms. The second kappa shape index (κ2) is 7.26. The Hall–Kier alpha value is -1.68. The van der Waals surface area contributed by atoms with E-state index in [1.54, 1.807) is 18.2 Å². The molecule has 3 aromatic carbocycles. The Labute approximate surface area is 148 Å².